The topological polar surface area (TPSA) is 142 Å². The summed E-state index contributed by atoms with van der Waals surface area (Å²) in [6.07, 6.45) is 12.9. The van der Waals surface area contributed by atoms with Crippen LogP contribution in [0.1, 0.15) is 64.7 Å². The number of unbranched alkanes of at least 4 members (excludes halogenated alkanes) is 3. The highest BCUT2D eigenvalue weighted by Crippen LogP contribution is 2.40. The fourth-order valence-electron chi connectivity index (χ4n) is 4.95. The molecule has 4 N–H and O–H groups in total. The van der Waals surface area contributed by atoms with Crippen molar-refractivity contribution in [1.29, 1.82) is 0 Å². The number of hydrogen-bond acceptors (Lipinski definition) is 6. The average Bonchev–Trinajstić information content (AvgIpc) is 3.28. The Morgan fingerprint density at radius 3 is 2.55 bits per heavy atom. The van der Waals surface area contributed by atoms with Crippen LogP contribution in [0.4, 0.5) is 5.69 Å². The van der Waals surface area contributed by atoms with Gasteiger partial charge in [0.2, 0.25) is 17.7 Å². The number of likely N-dealkylation sites (tertiary alicyclic amines) is 1. The second-order valence-electron chi connectivity index (χ2n) is 10.5. The van der Waals surface area contributed by atoms with Gasteiger partial charge in [-0.25, -0.2) is 4.72 Å². The van der Waals surface area contributed by atoms with Crippen LogP contribution in [0.2, 0.25) is 5.02 Å². The minimum atomic E-state index is -3.61. The van der Waals surface area contributed by atoms with Gasteiger partial charge in [0.25, 0.3) is 0 Å². The second-order valence-corrected chi connectivity index (χ2v) is 12.6. The first kappa shape index (κ1) is 31.9. The molecule has 3 aliphatic rings. The number of benzene rings is 1. The molecule has 4 rings (SSSR count). The first-order valence-corrected chi connectivity index (χ1v) is 16.0. The van der Waals surface area contributed by atoms with E-state index >= 15 is 0 Å². The van der Waals surface area contributed by atoms with Gasteiger partial charge in [0.1, 0.15) is 6.04 Å². The number of nitrogens with zero attached hydrogens (tertiary/aromatic N) is 2. The van der Waals surface area contributed by atoms with Crippen molar-refractivity contribution in [3.63, 3.8) is 0 Å². The Morgan fingerprint density at radius 2 is 1.88 bits per heavy atom. The molecule has 0 aromatic heterocycles. The standard InChI is InChI=1S/C15H26N2O3S.C13H16ClN3O2/c1-2-3-4-5-6-9-13-12-14(13)15(18)16-21(19,20)17-10-7-8-11-17;14-9-3-1-4-10(7-9)16-8-12(18)17-6-2-5-11(17)13(15)19/h6,9,13-14H,2-5,7-8,10-12H2,1H3,(H,16,18);1,3-4,7,11,16H,2,5-6,8H2,(H2,15,19)/b9-6-;/t13-,14+;11-/m10/s1. The zero-order chi connectivity index (χ0) is 29.1. The minimum Gasteiger partial charge on any atom is -0.376 e. The minimum absolute atomic E-state index is 0.124. The summed E-state index contributed by atoms with van der Waals surface area (Å²) in [5.74, 6) is -0.842. The highest BCUT2D eigenvalue weighted by atomic mass is 35.5. The number of primary amides is 1. The Balaban J connectivity index is 0.000000222. The fraction of sp³-hybridized carbons (Fsp3) is 0.607. The van der Waals surface area contributed by atoms with Crippen molar-refractivity contribution in [3.05, 3.63) is 41.4 Å². The average molecular weight is 596 g/mol. The first-order chi connectivity index (χ1) is 19.1. The first-order valence-electron chi connectivity index (χ1n) is 14.2. The summed E-state index contributed by atoms with van der Waals surface area (Å²) in [6.45, 7) is 3.93. The molecule has 2 aliphatic heterocycles. The zero-order valence-electron chi connectivity index (χ0n) is 23.2. The van der Waals surface area contributed by atoms with Crippen LogP contribution in [-0.4, -0.2) is 67.6 Å². The lowest BCUT2D eigenvalue weighted by Gasteiger charge is -2.22. The quantitative estimate of drug-likeness (QED) is 0.250. The third-order valence-electron chi connectivity index (χ3n) is 7.34. The smallest absolute Gasteiger partial charge is 0.303 e. The van der Waals surface area contributed by atoms with E-state index in [-0.39, 0.29) is 30.2 Å². The van der Waals surface area contributed by atoms with Crippen LogP contribution in [-0.2, 0) is 24.6 Å². The molecule has 0 unspecified atom stereocenters. The number of anilines is 1. The van der Waals surface area contributed by atoms with E-state index in [4.69, 9.17) is 17.3 Å². The third kappa shape index (κ3) is 9.78. The molecule has 3 atom stereocenters. The van der Waals surface area contributed by atoms with Crippen molar-refractivity contribution >= 4 is 45.2 Å². The molecule has 1 aliphatic carbocycles. The van der Waals surface area contributed by atoms with Crippen LogP contribution >= 0.6 is 11.6 Å². The number of amides is 3. The van der Waals surface area contributed by atoms with Crippen LogP contribution < -0.4 is 15.8 Å². The number of rotatable bonds is 12. The summed E-state index contributed by atoms with van der Waals surface area (Å²) in [5, 5.41) is 3.60. The normalized spacial score (nSPS) is 22.6. The van der Waals surface area contributed by atoms with E-state index in [1.165, 1.54) is 23.6 Å². The number of allylic oxidation sites excluding steroid dienone is 2. The van der Waals surface area contributed by atoms with Gasteiger partial charge in [-0.05, 0) is 69.1 Å². The lowest BCUT2D eigenvalue weighted by atomic mass is 10.2. The SMILES string of the molecule is CCCCC/C=C\[C@@H]1C[C@@H]1C(=O)NS(=O)(=O)N1CCCC1.NC(=O)[C@@H]1CCCN1C(=O)CNc1cccc(Cl)c1. The van der Waals surface area contributed by atoms with E-state index in [2.05, 4.69) is 29.1 Å². The van der Waals surface area contributed by atoms with E-state index in [0.29, 0.717) is 31.1 Å². The maximum atomic E-state index is 12.0. The van der Waals surface area contributed by atoms with Crippen LogP contribution in [0, 0.1) is 11.8 Å². The lowest BCUT2D eigenvalue weighted by molar-refractivity contribution is -0.135. The molecular weight excluding hydrogens is 554 g/mol. The van der Waals surface area contributed by atoms with Gasteiger partial charge in [-0.1, -0.05) is 49.6 Å². The fourth-order valence-corrected chi connectivity index (χ4v) is 6.41. The third-order valence-corrected chi connectivity index (χ3v) is 9.08. The number of hydrogen-bond donors (Lipinski definition) is 3. The summed E-state index contributed by atoms with van der Waals surface area (Å²) in [4.78, 5) is 36.8. The van der Waals surface area contributed by atoms with Gasteiger partial charge >= 0.3 is 10.2 Å². The number of nitrogens with one attached hydrogen (secondary N) is 2. The monoisotopic (exact) mass is 595 g/mol. The van der Waals surface area contributed by atoms with Crippen LogP contribution in [0.15, 0.2) is 36.4 Å². The molecule has 1 saturated carbocycles. The Bertz CT molecular complexity index is 1160. The second kappa shape index (κ2) is 15.4. The van der Waals surface area contributed by atoms with Gasteiger partial charge in [0, 0.05) is 36.3 Å². The number of carbonyl (C=O) groups excluding carboxylic acids is 3. The van der Waals surface area contributed by atoms with E-state index in [1.54, 1.807) is 23.1 Å². The number of halogens is 1. The van der Waals surface area contributed by atoms with E-state index in [9.17, 15) is 22.8 Å². The summed E-state index contributed by atoms with van der Waals surface area (Å²) in [6, 6.07) is 6.67. The molecule has 0 radical (unpaired) electrons. The highest BCUT2D eigenvalue weighted by molar-refractivity contribution is 7.87. The predicted octanol–water partition coefficient (Wildman–Crippen LogP) is 3.44. The van der Waals surface area contributed by atoms with Gasteiger partial charge in [0.05, 0.1) is 6.54 Å². The Kier molecular flexibility index (Phi) is 12.3. The molecule has 2 heterocycles. The Labute approximate surface area is 242 Å². The maximum Gasteiger partial charge on any atom is 0.303 e. The number of carbonyl (C=O) groups is 3. The molecule has 222 valence electrons. The van der Waals surface area contributed by atoms with E-state index in [1.807, 2.05) is 6.07 Å². The molecular formula is C28H42ClN5O5S. The van der Waals surface area contributed by atoms with Gasteiger partial charge in [0.15, 0.2) is 0 Å². The van der Waals surface area contributed by atoms with E-state index in [0.717, 1.165) is 37.8 Å². The summed E-state index contributed by atoms with van der Waals surface area (Å²) in [5.41, 5.74) is 6.06. The molecule has 0 spiro atoms. The van der Waals surface area contributed by atoms with Crippen LogP contribution in [0.3, 0.4) is 0 Å². The summed E-state index contributed by atoms with van der Waals surface area (Å²) >= 11 is 5.86. The molecule has 1 aromatic rings. The molecule has 10 nitrogen and oxygen atoms in total. The van der Waals surface area contributed by atoms with Crippen molar-refractivity contribution in [1.82, 2.24) is 13.9 Å². The Hall–Kier alpha value is -2.63. The van der Waals surface area contributed by atoms with Crippen molar-refractivity contribution in [3.8, 4) is 0 Å². The van der Waals surface area contributed by atoms with Gasteiger partial charge in [-0.3, -0.25) is 14.4 Å². The van der Waals surface area contributed by atoms with Crippen molar-refractivity contribution in [2.45, 2.75) is 70.8 Å². The number of nitrogens with two attached hydrogens (primary N) is 1. The summed E-state index contributed by atoms with van der Waals surface area (Å²) in [7, 11) is -3.61. The molecule has 0 bridgehead atoms. The maximum absolute atomic E-state index is 12.0. The Morgan fingerprint density at radius 1 is 1.12 bits per heavy atom. The van der Waals surface area contributed by atoms with Gasteiger partial charge in [-0.2, -0.15) is 12.7 Å². The van der Waals surface area contributed by atoms with Crippen molar-refractivity contribution in [2.24, 2.45) is 17.6 Å². The molecule has 3 amide bonds. The van der Waals surface area contributed by atoms with Crippen molar-refractivity contribution in [2.75, 3.05) is 31.5 Å². The van der Waals surface area contributed by atoms with Crippen molar-refractivity contribution < 1.29 is 22.8 Å². The molecule has 3 fully saturated rings. The predicted molar refractivity (Wildman–Crippen MR) is 157 cm³/mol. The molecule has 12 heteroatoms. The zero-order valence-corrected chi connectivity index (χ0v) is 24.8. The highest BCUT2D eigenvalue weighted by Gasteiger charge is 2.43. The summed E-state index contributed by atoms with van der Waals surface area (Å²) < 4.78 is 27.6. The van der Waals surface area contributed by atoms with E-state index < -0.39 is 22.2 Å². The molecule has 40 heavy (non-hydrogen) atoms. The van der Waals surface area contributed by atoms with Gasteiger partial charge in [-0.15, -0.1) is 0 Å². The molecule has 2 saturated heterocycles. The van der Waals surface area contributed by atoms with Gasteiger partial charge < -0.3 is 16.0 Å². The lowest BCUT2D eigenvalue weighted by Crippen LogP contribution is -2.45. The van der Waals surface area contributed by atoms with Crippen LogP contribution in [0.25, 0.3) is 0 Å². The largest absolute Gasteiger partial charge is 0.376 e. The molecule has 1 aromatic carbocycles. The van der Waals surface area contributed by atoms with Crippen LogP contribution in [0.5, 0.6) is 0 Å².